The maximum atomic E-state index is 12.0. The first kappa shape index (κ1) is 16.0. The predicted molar refractivity (Wildman–Crippen MR) is 95.0 cm³/mol. The van der Waals surface area contributed by atoms with E-state index in [2.05, 4.69) is 25.3 Å². The second-order valence-electron chi connectivity index (χ2n) is 5.63. The second-order valence-corrected chi connectivity index (χ2v) is 6.58. The number of carbonyl (C=O) groups is 1. The van der Waals surface area contributed by atoms with Crippen LogP contribution in [0.2, 0.25) is 0 Å². The number of morpholine rings is 1. The molecule has 4 rings (SSSR count). The molecule has 1 N–H and O–H groups in total. The van der Waals surface area contributed by atoms with Crippen LogP contribution in [0.1, 0.15) is 9.67 Å². The van der Waals surface area contributed by atoms with Gasteiger partial charge in [-0.1, -0.05) is 6.07 Å². The van der Waals surface area contributed by atoms with Crippen molar-refractivity contribution in [2.75, 3.05) is 37.7 Å². The van der Waals surface area contributed by atoms with Crippen LogP contribution in [0.3, 0.4) is 0 Å². The normalized spacial score (nSPS) is 14.8. The van der Waals surface area contributed by atoms with Crippen molar-refractivity contribution in [1.29, 1.82) is 0 Å². The topological polar surface area (TPSA) is 85.2 Å². The van der Waals surface area contributed by atoms with Gasteiger partial charge in [-0.25, -0.2) is 14.6 Å². The summed E-state index contributed by atoms with van der Waals surface area (Å²) in [5, 5.41) is 10.1. The van der Waals surface area contributed by atoms with E-state index in [1.165, 1.54) is 11.3 Å². The van der Waals surface area contributed by atoms with Gasteiger partial charge in [-0.15, -0.1) is 11.3 Å². The largest absolute Gasteiger partial charge is 0.378 e. The first-order valence-electron chi connectivity index (χ1n) is 8.14. The molecule has 130 valence electrons. The van der Waals surface area contributed by atoms with Gasteiger partial charge in [0, 0.05) is 19.6 Å². The molecule has 4 heterocycles. The summed E-state index contributed by atoms with van der Waals surface area (Å²) in [6.07, 6.45) is 3.36. The molecule has 25 heavy (non-hydrogen) atoms. The van der Waals surface area contributed by atoms with Crippen LogP contribution in [0.4, 0.5) is 5.82 Å². The van der Waals surface area contributed by atoms with E-state index in [1.807, 2.05) is 17.5 Å². The second kappa shape index (κ2) is 7.16. The van der Waals surface area contributed by atoms with E-state index in [-0.39, 0.29) is 5.91 Å². The minimum atomic E-state index is -0.0601. The summed E-state index contributed by atoms with van der Waals surface area (Å²) in [4.78, 5) is 23.7. The van der Waals surface area contributed by atoms with E-state index < -0.39 is 0 Å². The molecule has 0 atom stereocenters. The number of amides is 1. The fourth-order valence-electron chi connectivity index (χ4n) is 2.84. The summed E-state index contributed by atoms with van der Waals surface area (Å²) in [6.45, 7) is 4.08. The van der Waals surface area contributed by atoms with Crippen molar-refractivity contribution in [3.05, 3.63) is 34.9 Å². The maximum absolute atomic E-state index is 12.0. The van der Waals surface area contributed by atoms with Crippen LogP contribution in [-0.2, 0) is 11.3 Å². The molecule has 0 bridgehead atoms. The zero-order chi connectivity index (χ0) is 17.1. The Balaban J connectivity index is 1.46. The van der Waals surface area contributed by atoms with E-state index in [4.69, 9.17) is 4.74 Å². The number of nitrogens with one attached hydrogen (secondary N) is 1. The zero-order valence-corrected chi connectivity index (χ0v) is 14.4. The smallest absolute Gasteiger partial charge is 0.261 e. The Morgan fingerprint density at radius 2 is 2.20 bits per heavy atom. The zero-order valence-electron chi connectivity index (χ0n) is 13.6. The first-order valence-corrected chi connectivity index (χ1v) is 9.02. The van der Waals surface area contributed by atoms with Gasteiger partial charge in [-0.05, 0) is 11.4 Å². The lowest BCUT2D eigenvalue weighted by atomic mass is 10.3. The van der Waals surface area contributed by atoms with Crippen molar-refractivity contribution < 1.29 is 9.53 Å². The minimum Gasteiger partial charge on any atom is -0.378 e. The van der Waals surface area contributed by atoms with E-state index in [9.17, 15) is 4.79 Å². The number of ether oxygens (including phenoxy) is 1. The number of thiophene rings is 1. The van der Waals surface area contributed by atoms with Crippen molar-refractivity contribution in [2.24, 2.45) is 0 Å². The van der Waals surface area contributed by atoms with Crippen molar-refractivity contribution in [2.45, 2.75) is 6.54 Å². The molecule has 1 fully saturated rings. The number of hydrogen-bond acceptors (Lipinski definition) is 7. The monoisotopic (exact) mass is 358 g/mol. The Bertz CT molecular complexity index is 857. The van der Waals surface area contributed by atoms with E-state index in [1.54, 1.807) is 17.2 Å². The standard InChI is InChI=1S/C16H18N6O2S/c23-16(13-2-1-9-25-13)17-3-4-22-15-12(10-20-22)14(18-11-19-15)21-5-7-24-8-6-21/h1-2,9-11H,3-8H2,(H,17,23). The molecule has 0 aliphatic carbocycles. The predicted octanol–water partition coefficient (Wildman–Crippen LogP) is 1.15. The highest BCUT2D eigenvalue weighted by atomic mass is 32.1. The quantitative estimate of drug-likeness (QED) is 0.737. The molecular weight excluding hydrogens is 340 g/mol. The Morgan fingerprint density at radius 3 is 3.00 bits per heavy atom. The molecule has 0 radical (unpaired) electrons. The molecule has 9 heteroatoms. The van der Waals surface area contributed by atoms with Gasteiger partial charge in [-0.3, -0.25) is 4.79 Å². The number of hydrogen-bond donors (Lipinski definition) is 1. The molecule has 1 aliphatic rings. The number of aromatic nitrogens is 4. The van der Waals surface area contributed by atoms with Gasteiger partial charge in [0.25, 0.3) is 5.91 Å². The minimum absolute atomic E-state index is 0.0601. The number of carbonyl (C=O) groups excluding carboxylic acids is 1. The van der Waals surface area contributed by atoms with Crippen LogP contribution in [0.5, 0.6) is 0 Å². The lowest BCUT2D eigenvalue weighted by molar-refractivity contribution is 0.0956. The van der Waals surface area contributed by atoms with Crippen LogP contribution in [-0.4, -0.2) is 58.5 Å². The van der Waals surface area contributed by atoms with Gasteiger partial charge in [0.05, 0.1) is 36.2 Å². The third kappa shape index (κ3) is 3.33. The number of rotatable bonds is 5. The van der Waals surface area contributed by atoms with Gasteiger partial charge < -0.3 is 15.0 Å². The lowest BCUT2D eigenvalue weighted by Crippen LogP contribution is -2.36. The van der Waals surface area contributed by atoms with Crippen LogP contribution in [0.25, 0.3) is 11.0 Å². The van der Waals surface area contributed by atoms with Gasteiger partial charge in [-0.2, -0.15) is 5.10 Å². The van der Waals surface area contributed by atoms with Crippen LogP contribution in [0, 0.1) is 0 Å². The molecule has 0 aromatic carbocycles. The molecule has 1 aliphatic heterocycles. The summed E-state index contributed by atoms with van der Waals surface area (Å²) in [5.41, 5.74) is 0.780. The Labute approximate surface area is 148 Å². The molecule has 1 amide bonds. The summed E-state index contributed by atoms with van der Waals surface area (Å²) in [7, 11) is 0. The maximum Gasteiger partial charge on any atom is 0.261 e. The highest BCUT2D eigenvalue weighted by Gasteiger charge is 2.18. The van der Waals surface area contributed by atoms with Crippen molar-refractivity contribution in [3.8, 4) is 0 Å². The summed E-state index contributed by atoms with van der Waals surface area (Å²) in [5.74, 6) is 0.831. The average molecular weight is 358 g/mol. The summed E-state index contributed by atoms with van der Waals surface area (Å²) >= 11 is 1.43. The summed E-state index contributed by atoms with van der Waals surface area (Å²) < 4.78 is 7.20. The van der Waals surface area contributed by atoms with Gasteiger partial charge in [0.1, 0.15) is 12.1 Å². The molecule has 0 spiro atoms. The molecule has 3 aromatic rings. The third-order valence-corrected chi connectivity index (χ3v) is 4.95. The van der Waals surface area contributed by atoms with Crippen molar-refractivity contribution >= 4 is 34.1 Å². The Hall–Kier alpha value is -2.52. The van der Waals surface area contributed by atoms with Crippen LogP contribution in [0.15, 0.2) is 30.0 Å². The van der Waals surface area contributed by atoms with E-state index in [0.29, 0.717) is 31.2 Å². The number of nitrogens with zero attached hydrogens (tertiary/aromatic N) is 5. The number of fused-ring (bicyclic) bond motifs is 1. The van der Waals surface area contributed by atoms with E-state index in [0.717, 1.165) is 29.9 Å². The van der Waals surface area contributed by atoms with Gasteiger partial charge in [0.2, 0.25) is 0 Å². The highest BCUT2D eigenvalue weighted by Crippen LogP contribution is 2.23. The van der Waals surface area contributed by atoms with Crippen LogP contribution < -0.4 is 10.2 Å². The molecule has 0 unspecified atom stereocenters. The molecule has 3 aromatic heterocycles. The number of anilines is 1. The fourth-order valence-corrected chi connectivity index (χ4v) is 3.48. The average Bonchev–Trinajstić information content (AvgIpc) is 3.32. The molecule has 0 saturated carbocycles. The van der Waals surface area contributed by atoms with Crippen molar-refractivity contribution in [1.82, 2.24) is 25.1 Å². The first-order chi connectivity index (χ1) is 12.3. The van der Waals surface area contributed by atoms with Crippen LogP contribution >= 0.6 is 11.3 Å². The van der Waals surface area contributed by atoms with Crippen molar-refractivity contribution in [3.63, 3.8) is 0 Å². The summed E-state index contributed by atoms with van der Waals surface area (Å²) in [6, 6.07) is 3.68. The Kier molecular flexibility index (Phi) is 4.57. The molecule has 8 nitrogen and oxygen atoms in total. The Morgan fingerprint density at radius 1 is 1.32 bits per heavy atom. The van der Waals surface area contributed by atoms with Gasteiger partial charge >= 0.3 is 0 Å². The fraction of sp³-hybridized carbons (Fsp3) is 0.375. The van der Waals surface area contributed by atoms with E-state index >= 15 is 0 Å². The third-order valence-electron chi connectivity index (χ3n) is 4.08. The molecule has 1 saturated heterocycles. The SMILES string of the molecule is O=C(NCCn1ncc2c(N3CCOCC3)ncnc21)c1cccs1. The lowest BCUT2D eigenvalue weighted by Gasteiger charge is -2.27. The van der Waals surface area contributed by atoms with Gasteiger partial charge in [0.15, 0.2) is 5.65 Å². The molecular formula is C16H18N6O2S. The highest BCUT2D eigenvalue weighted by molar-refractivity contribution is 7.12.